The molecule has 5 nitrogen and oxygen atoms in total. The Kier molecular flexibility index (Phi) is 4.09. The van der Waals surface area contributed by atoms with Crippen LogP contribution in [0.15, 0.2) is 16.8 Å². The zero-order valence-corrected chi connectivity index (χ0v) is 11.7. The SMILES string of the molecule is CCCNc1nc(-c2ccsc2)nc(N(C)C)n1. The Labute approximate surface area is 111 Å². The van der Waals surface area contributed by atoms with Crippen molar-refractivity contribution in [3.05, 3.63) is 16.8 Å². The number of rotatable bonds is 5. The van der Waals surface area contributed by atoms with Crippen molar-refractivity contribution < 1.29 is 0 Å². The van der Waals surface area contributed by atoms with Crippen LogP contribution in [0.2, 0.25) is 0 Å². The van der Waals surface area contributed by atoms with Gasteiger partial charge in [-0.25, -0.2) is 0 Å². The van der Waals surface area contributed by atoms with Crippen molar-refractivity contribution in [2.24, 2.45) is 0 Å². The number of thiophene rings is 1. The number of aromatic nitrogens is 3. The minimum atomic E-state index is 0.636. The molecule has 0 saturated carbocycles. The molecule has 0 aliphatic carbocycles. The standard InChI is InChI=1S/C12H17N5S/c1-4-6-13-11-14-10(9-5-7-18-8-9)15-12(16-11)17(2)3/h5,7-8H,4,6H2,1-3H3,(H,13,14,15,16). The molecule has 2 heterocycles. The summed E-state index contributed by atoms with van der Waals surface area (Å²) in [5, 5.41) is 7.27. The molecule has 0 radical (unpaired) electrons. The van der Waals surface area contributed by atoms with Crippen molar-refractivity contribution in [2.75, 3.05) is 30.9 Å². The molecule has 0 unspecified atom stereocenters. The first-order valence-corrected chi connectivity index (χ1v) is 6.85. The maximum Gasteiger partial charge on any atom is 0.230 e. The Balaban J connectivity index is 2.36. The lowest BCUT2D eigenvalue weighted by atomic mass is 10.3. The summed E-state index contributed by atoms with van der Waals surface area (Å²) < 4.78 is 0. The highest BCUT2D eigenvalue weighted by Gasteiger charge is 2.09. The molecule has 0 atom stereocenters. The van der Waals surface area contributed by atoms with E-state index in [1.165, 1.54) is 0 Å². The molecule has 0 saturated heterocycles. The van der Waals surface area contributed by atoms with Gasteiger partial charge in [0.1, 0.15) is 0 Å². The third kappa shape index (κ3) is 2.95. The van der Waals surface area contributed by atoms with Crippen LogP contribution in [0.3, 0.4) is 0 Å². The first kappa shape index (κ1) is 12.8. The van der Waals surface area contributed by atoms with Crippen molar-refractivity contribution in [1.29, 1.82) is 0 Å². The monoisotopic (exact) mass is 263 g/mol. The van der Waals surface area contributed by atoms with Gasteiger partial charge in [-0.2, -0.15) is 26.3 Å². The summed E-state index contributed by atoms with van der Waals surface area (Å²) in [7, 11) is 3.85. The van der Waals surface area contributed by atoms with E-state index in [1.54, 1.807) is 11.3 Å². The number of hydrogen-bond donors (Lipinski definition) is 1. The molecular weight excluding hydrogens is 246 g/mol. The first-order valence-electron chi connectivity index (χ1n) is 5.90. The van der Waals surface area contributed by atoms with Gasteiger partial charge in [0.2, 0.25) is 11.9 Å². The Bertz CT molecular complexity index is 495. The fourth-order valence-corrected chi connectivity index (χ4v) is 2.04. The molecule has 2 aromatic heterocycles. The summed E-state index contributed by atoms with van der Waals surface area (Å²) in [5.41, 5.74) is 1.03. The summed E-state index contributed by atoms with van der Waals surface area (Å²) in [5.74, 6) is 2.02. The van der Waals surface area contributed by atoms with Crippen LogP contribution in [-0.4, -0.2) is 35.6 Å². The van der Waals surface area contributed by atoms with Gasteiger partial charge in [0.15, 0.2) is 5.82 Å². The third-order valence-electron chi connectivity index (χ3n) is 2.34. The average molecular weight is 263 g/mol. The smallest absolute Gasteiger partial charge is 0.230 e. The Hall–Kier alpha value is -1.69. The summed E-state index contributed by atoms with van der Waals surface area (Å²) in [6.45, 7) is 2.97. The maximum atomic E-state index is 4.45. The molecule has 0 amide bonds. The van der Waals surface area contributed by atoms with Crippen LogP contribution in [0.4, 0.5) is 11.9 Å². The van der Waals surface area contributed by atoms with Gasteiger partial charge in [0, 0.05) is 31.6 Å². The van der Waals surface area contributed by atoms with Crippen LogP contribution in [0.1, 0.15) is 13.3 Å². The molecule has 2 rings (SSSR count). The van der Waals surface area contributed by atoms with Crippen LogP contribution in [0, 0.1) is 0 Å². The zero-order valence-electron chi connectivity index (χ0n) is 10.8. The minimum Gasteiger partial charge on any atom is -0.354 e. The lowest BCUT2D eigenvalue weighted by Gasteiger charge is -2.12. The van der Waals surface area contributed by atoms with E-state index >= 15 is 0 Å². The molecule has 18 heavy (non-hydrogen) atoms. The highest BCUT2D eigenvalue weighted by atomic mass is 32.1. The van der Waals surface area contributed by atoms with E-state index in [9.17, 15) is 0 Å². The lowest BCUT2D eigenvalue weighted by molar-refractivity contribution is 0.920. The molecule has 0 aliphatic heterocycles. The number of hydrogen-bond acceptors (Lipinski definition) is 6. The fraction of sp³-hybridized carbons (Fsp3) is 0.417. The highest BCUT2D eigenvalue weighted by Crippen LogP contribution is 2.21. The summed E-state index contributed by atoms with van der Waals surface area (Å²) in [6, 6.07) is 2.02. The molecule has 1 N–H and O–H groups in total. The van der Waals surface area contributed by atoms with Crippen molar-refractivity contribution >= 4 is 23.2 Å². The first-order chi connectivity index (χ1) is 8.70. The maximum absolute atomic E-state index is 4.45. The topological polar surface area (TPSA) is 53.9 Å². The van der Waals surface area contributed by atoms with Gasteiger partial charge in [-0.3, -0.25) is 0 Å². The van der Waals surface area contributed by atoms with Gasteiger partial charge < -0.3 is 10.2 Å². The molecular formula is C12H17N5S. The third-order valence-corrected chi connectivity index (χ3v) is 3.02. The van der Waals surface area contributed by atoms with E-state index in [0.717, 1.165) is 18.5 Å². The number of nitrogens with zero attached hydrogens (tertiary/aromatic N) is 4. The van der Waals surface area contributed by atoms with Crippen LogP contribution in [-0.2, 0) is 0 Å². The van der Waals surface area contributed by atoms with Crippen molar-refractivity contribution in [3.8, 4) is 11.4 Å². The molecule has 6 heteroatoms. The van der Waals surface area contributed by atoms with Crippen LogP contribution < -0.4 is 10.2 Å². The minimum absolute atomic E-state index is 0.636. The fourth-order valence-electron chi connectivity index (χ4n) is 1.40. The van der Waals surface area contributed by atoms with Crippen molar-refractivity contribution in [1.82, 2.24) is 15.0 Å². The molecule has 96 valence electrons. The van der Waals surface area contributed by atoms with E-state index < -0.39 is 0 Å². The molecule has 0 aromatic carbocycles. The van der Waals surface area contributed by atoms with Crippen LogP contribution >= 0.6 is 11.3 Å². The second-order valence-electron chi connectivity index (χ2n) is 4.12. The van der Waals surface area contributed by atoms with E-state index in [1.807, 2.05) is 35.8 Å². The number of nitrogens with one attached hydrogen (secondary N) is 1. The predicted octanol–water partition coefficient (Wildman–Crippen LogP) is 2.49. The molecule has 0 spiro atoms. The van der Waals surface area contributed by atoms with Gasteiger partial charge >= 0.3 is 0 Å². The molecule has 2 aromatic rings. The van der Waals surface area contributed by atoms with Crippen molar-refractivity contribution in [3.63, 3.8) is 0 Å². The summed E-state index contributed by atoms with van der Waals surface area (Å²) in [4.78, 5) is 15.2. The van der Waals surface area contributed by atoms with E-state index in [2.05, 4.69) is 27.2 Å². The predicted molar refractivity (Wildman–Crippen MR) is 76.2 cm³/mol. The van der Waals surface area contributed by atoms with Crippen LogP contribution in [0.5, 0.6) is 0 Å². The molecule has 0 fully saturated rings. The highest BCUT2D eigenvalue weighted by molar-refractivity contribution is 7.08. The zero-order chi connectivity index (χ0) is 13.0. The largest absolute Gasteiger partial charge is 0.354 e. The van der Waals surface area contributed by atoms with Gasteiger partial charge in [-0.1, -0.05) is 6.92 Å². The normalized spacial score (nSPS) is 10.4. The van der Waals surface area contributed by atoms with E-state index in [0.29, 0.717) is 17.7 Å². The number of anilines is 2. The summed E-state index contributed by atoms with van der Waals surface area (Å²) in [6.07, 6.45) is 1.04. The van der Waals surface area contributed by atoms with Crippen molar-refractivity contribution in [2.45, 2.75) is 13.3 Å². The second kappa shape index (κ2) is 5.77. The van der Waals surface area contributed by atoms with Gasteiger partial charge in [0.05, 0.1) is 0 Å². The Morgan fingerprint density at radius 3 is 2.72 bits per heavy atom. The van der Waals surface area contributed by atoms with E-state index in [4.69, 9.17) is 0 Å². The van der Waals surface area contributed by atoms with Gasteiger partial charge in [-0.05, 0) is 17.9 Å². The average Bonchev–Trinajstić information content (AvgIpc) is 2.89. The van der Waals surface area contributed by atoms with E-state index in [-0.39, 0.29) is 0 Å². The van der Waals surface area contributed by atoms with Gasteiger partial charge in [-0.15, -0.1) is 0 Å². The molecule has 0 aliphatic rings. The second-order valence-corrected chi connectivity index (χ2v) is 4.90. The van der Waals surface area contributed by atoms with Crippen LogP contribution in [0.25, 0.3) is 11.4 Å². The molecule has 0 bridgehead atoms. The summed E-state index contributed by atoms with van der Waals surface area (Å²) >= 11 is 1.64. The quantitative estimate of drug-likeness (QED) is 0.898. The lowest BCUT2D eigenvalue weighted by Crippen LogP contribution is -2.16. The Morgan fingerprint density at radius 2 is 2.11 bits per heavy atom. The Morgan fingerprint density at radius 1 is 1.28 bits per heavy atom. The van der Waals surface area contributed by atoms with Gasteiger partial charge in [0.25, 0.3) is 0 Å².